The standard InChI is InChI=1S/C23H21N3O4S3/c1-29-15-8-6-14(7-9-15)26-21(28)19-17-5-3-11-31-22(17)33-20(19)25-23(26)32-13-18(27)24-12-16-4-2-10-30-16/h2,4,6-10H,3,5,11-13H2,1H3,(H,24,27). The van der Waals surface area contributed by atoms with E-state index in [1.54, 1.807) is 53.2 Å². The summed E-state index contributed by atoms with van der Waals surface area (Å²) in [6.45, 7) is 0.318. The molecule has 0 unspecified atom stereocenters. The van der Waals surface area contributed by atoms with E-state index in [4.69, 9.17) is 14.1 Å². The number of ether oxygens (including phenoxy) is 1. The Kier molecular flexibility index (Phi) is 6.48. The minimum Gasteiger partial charge on any atom is -0.497 e. The fraction of sp³-hybridized carbons (Fsp3) is 0.261. The van der Waals surface area contributed by atoms with E-state index in [1.807, 2.05) is 24.3 Å². The Morgan fingerprint density at radius 3 is 2.91 bits per heavy atom. The van der Waals surface area contributed by atoms with Gasteiger partial charge in [-0.15, -0.1) is 23.1 Å². The lowest BCUT2D eigenvalue weighted by Gasteiger charge is -2.14. The van der Waals surface area contributed by atoms with Crippen LogP contribution in [0.4, 0.5) is 0 Å². The molecular weight excluding hydrogens is 478 g/mol. The van der Waals surface area contributed by atoms with Crippen molar-refractivity contribution in [1.82, 2.24) is 14.9 Å². The third kappa shape index (κ3) is 4.55. The first-order valence-electron chi connectivity index (χ1n) is 10.4. The number of thiophene rings is 1. The number of aromatic nitrogens is 2. The highest BCUT2D eigenvalue weighted by Crippen LogP contribution is 2.41. The molecular formula is C23H21N3O4S3. The molecule has 170 valence electrons. The van der Waals surface area contributed by atoms with Gasteiger partial charge in [0.25, 0.3) is 5.56 Å². The number of fused-ring (bicyclic) bond motifs is 3. The summed E-state index contributed by atoms with van der Waals surface area (Å²) in [5.41, 5.74) is 1.71. The van der Waals surface area contributed by atoms with E-state index in [0.717, 1.165) is 29.0 Å². The van der Waals surface area contributed by atoms with Crippen LogP contribution >= 0.6 is 34.9 Å². The molecule has 1 aliphatic heterocycles. The molecule has 10 heteroatoms. The van der Waals surface area contributed by atoms with Gasteiger partial charge < -0.3 is 14.5 Å². The molecule has 0 saturated carbocycles. The summed E-state index contributed by atoms with van der Waals surface area (Å²) in [6.07, 6.45) is 3.52. The molecule has 0 saturated heterocycles. The Morgan fingerprint density at radius 1 is 1.30 bits per heavy atom. The van der Waals surface area contributed by atoms with Crippen molar-refractivity contribution < 1.29 is 13.9 Å². The number of carbonyl (C=O) groups is 1. The molecule has 5 rings (SSSR count). The number of rotatable bonds is 7. The third-order valence-corrected chi connectivity index (χ3v) is 8.73. The molecule has 1 N–H and O–H groups in total. The topological polar surface area (TPSA) is 86.4 Å². The molecule has 0 bridgehead atoms. The Balaban J connectivity index is 1.50. The molecule has 0 atom stereocenters. The zero-order valence-corrected chi connectivity index (χ0v) is 20.3. The second kappa shape index (κ2) is 9.66. The van der Waals surface area contributed by atoms with Crippen LogP contribution in [0.1, 0.15) is 17.7 Å². The van der Waals surface area contributed by atoms with Crippen molar-refractivity contribution in [3.63, 3.8) is 0 Å². The largest absolute Gasteiger partial charge is 0.497 e. The minimum atomic E-state index is -0.159. The molecule has 1 amide bonds. The molecule has 0 fully saturated rings. The average Bonchev–Trinajstić information content (AvgIpc) is 3.49. The van der Waals surface area contributed by atoms with Crippen LogP contribution < -0.4 is 15.6 Å². The summed E-state index contributed by atoms with van der Waals surface area (Å²) in [4.78, 5) is 31.8. The van der Waals surface area contributed by atoms with Crippen molar-refractivity contribution in [2.75, 3.05) is 18.6 Å². The summed E-state index contributed by atoms with van der Waals surface area (Å²) >= 11 is 4.62. The van der Waals surface area contributed by atoms with Crippen LogP contribution in [-0.2, 0) is 17.8 Å². The molecule has 4 heterocycles. The molecule has 0 aliphatic carbocycles. The highest BCUT2D eigenvalue weighted by molar-refractivity contribution is 8.01. The SMILES string of the molecule is COc1ccc(-n2c(SCC(=O)NCc3ccco3)nc3sc4c(c3c2=O)CCCS4)cc1. The first-order chi connectivity index (χ1) is 16.1. The molecule has 1 aliphatic rings. The van der Waals surface area contributed by atoms with Gasteiger partial charge in [0.15, 0.2) is 5.16 Å². The number of hydrogen-bond acceptors (Lipinski definition) is 8. The third-order valence-electron chi connectivity index (χ3n) is 5.26. The molecule has 4 aromatic rings. The van der Waals surface area contributed by atoms with Gasteiger partial charge in [-0.2, -0.15) is 0 Å². The number of nitrogens with zero attached hydrogens (tertiary/aromatic N) is 2. The number of thioether (sulfide) groups is 2. The first kappa shape index (κ1) is 22.1. The van der Waals surface area contributed by atoms with Crippen molar-refractivity contribution >= 4 is 51.0 Å². The van der Waals surface area contributed by atoms with E-state index >= 15 is 0 Å². The van der Waals surface area contributed by atoms with Crippen molar-refractivity contribution in [3.8, 4) is 11.4 Å². The average molecular weight is 500 g/mol. The number of methoxy groups -OCH3 is 1. The molecule has 7 nitrogen and oxygen atoms in total. The van der Waals surface area contributed by atoms with E-state index in [2.05, 4.69) is 5.32 Å². The molecule has 0 spiro atoms. The van der Waals surface area contributed by atoms with Crippen LogP contribution in [-0.4, -0.2) is 34.1 Å². The number of amides is 1. The number of furan rings is 1. The number of carbonyl (C=O) groups excluding carboxylic acids is 1. The van der Waals surface area contributed by atoms with Crippen LogP contribution in [0.25, 0.3) is 15.9 Å². The van der Waals surface area contributed by atoms with Gasteiger partial charge in [-0.05, 0) is 60.6 Å². The molecule has 3 aromatic heterocycles. The van der Waals surface area contributed by atoms with Crippen LogP contribution in [0.2, 0.25) is 0 Å². The van der Waals surface area contributed by atoms with E-state index in [0.29, 0.717) is 34.3 Å². The Morgan fingerprint density at radius 2 is 2.15 bits per heavy atom. The van der Waals surface area contributed by atoms with Crippen molar-refractivity contribution in [2.24, 2.45) is 0 Å². The predicted molar refractivity (Wildman–Crippen MR) is 132 cm³/mol. The highest BCUT2D eigenvalue weighted by Gasteiger charge is 2.23. The summed E-state index contributed by atoms with van der Waals surface area (Å²) in [7, 11) is 1.60. The minimum absolute atomic E-state index is 0.0938. The summed E-state index contributed by atoms with van der Waals surface area (Å²) in [6, 6.07) is 10.9. The van der Waals surface area contributed by atoms with Gasteiger partial charge >= 0.3 is 0 Å². The Bertz CT molecular complexity index is 1340. The summed E-state index contributed by atoms with van der Waals surface area (Å²) in [5, 5.41) is 4.03. The predicted octanol–water partition coefficient (Wildman–Crippen LogP) is 4.50. The zero-order chi connectivity index (χ0) is 22.8. The number of aryl methyl sites for hydroxylation is 1. The van der Waals surface area contributed by atoms with E-state index in [-0.39, 0.29) is 17.2 Å². The molecule has 0 radical (unpaired) electrons. The van der Waals surface area contributed by atoms with Crippen molar-refractivity contribution in [2.45, 2.75) is 28.8 Å². The van der Waals surface area contributed by atoms with Gasteiger partial charge in [-0.3, -0.25) is 14.2 Å². The fourth-order valence-corrected chi connectivity index (χ4v) is 7.08. The molecule has 33 heavy (non-hydrogen) atoms. The van der Waals surface area contributed by atoms with Gasteiger partial charge in [-0.1, -0.05) is 11.8 Å². The second-order valence-electron chi connectivity index (χ2n) is 7.38. The maximum atomic E-state index is 13.7. The lowest BCUT2D eigenvalue weighted by molar-refractivity contribution is -0.118. The maximum absolute atomic E-state index is 13.7. The van der Waals surface area contributed by atoms with Crippen LogP contribution in [0.5, 0.6) is 5.75 Å². The fourth-order valence-electron chi connectivity index (χ4n) is 3.66. The monoisotopic (exact) mass is 499 g/mol. The van der Waals surface area contributed by atoms with E-state index < -0.39 is 0 Å². The van der Waals surface area contributed by atoms with E-state index in [9.17, 15) is 9.59 Å². The van der Waals surface area contributed by atoms with Gasteiger partial charge in [0.2, 0.25) is 5.91 Å². The van der Waals surface area contributed by atoms with Gasteiger partial charge in [0, 0.05) is 0 Å². The Hall–Kier alpha value is -2.69. The van der Waals surface area contributed by atoms with Gasteiger partial charge in [-0.25, -0.2) is 4.98 Å². The second-order valence-corrected chi connectivity index (χ2v) is 10.7. The lowest BCUT2D eigenvalue weighted by Crippen LogP contribution is -2.26. The van der Waals surface area contributed by atoms with Crippen molar-refractivity contribution in [3.05, 3.63) is 64.3 Å². The summed E-state index contributed by atoms with van der Waals surface area (Å²) < 4.78 is 13.3. The Labute approximate surface area is 202 Å². The highest BCUT2D eigenvalue weighted by atomic mass is 32.2. The smallest absolute Gasteiger partial charge is 0.267 e. The van der Waals surface area contributed by atoms with E-state index in [1.165, 1.54) is 16.0 Å². The lowest BCUT2D eigenvalue weighted by atomic mass is 10.1. The number of benzene rings is 1. The zero-order valence-electron chi connectivity index (χ0n) is 17.8. The van der Waals surface area contributed by atoms with Crippen LogP contribution in [0, 0.1) is 0 Å². The summed E-state index contributed by atoms with van der Waals surface area (Å²) in [5.74, 6) is 2.42. The van der Waals surface area contributed by atoms with Crippen LogP contribution in [0.15, 0.2) is 61.2 Å². The van der Waals surface area contributed by atoms with Crippen LogP contribution in [0.3, 0.4) is 0 Å². The maximum Gasteiger partial charge on any atom is 0.267 e. The number of nitrogens with one attached hydrogen (secondary N) is 1. The molecule has 1 aromatic carbocycles. The normalized spacial score (nSPS) is 13.1. The van der Waals surface area contributed by atoms with Gasteiger partial charge in [0.1, 0.15) is 16.3 Å². The first-order valence-corrected chi connectivity index (χ1v) is 13.2. The van der Waals surface area contributed by atoms with Crippen molar-refractivity contribution in [1.29, 1.82) is 0 Å². The number of hydrogen-bond donors (Lipinski definition) is 1. The van der Waals surface area contributed by atoms with Gasteiger partial charge in [0.05, 0.1) is 41.0 Å². The quantitative estimate of drug-likeness (QED) is 0.296.